The first-order valence-corrected chi connectivity index (χ1v) is 10.5. The summed E-state index contributed by atoms with van der Waals surface area (Å²) in [6.07, 6.45) is 1.19. The summed E-state index contributed by atoms with van der Waals surface area (Å²) >= 11 is 0. The van der Waals surface area contributed by atoms with E-state index in [1.165, 1.54) is 10.6 Å². The Morgan fingerprint density at radius 3 is 2.22 bits per heavy atom. The number of sulfonamides is 2. The lowest BCUT2D eigenvalue weighted by molar-refractivity contribution is 0.192. The van der Waals surface area contributed by atoms with Crippen molar-refractivity contribution in [3.05, 3.63) is 11.5 Å². The molecule has 1 aliphatic heterocycles. The molecule has 2 rings (SSSR count). The molecule has 0 unspecified atom stereocenters. The third kappa shape index (κ3) is 4.51. The number of aromatic nitrogens is 1. The van der Waals surface area contributed by atoms with Crippen LogP contribution in [0.4, 0.5) is 0 Å². The first-order valence-electron chi connectivity index (χ1n) is 7.21. The molecule has 0 bridgehead atoms. The van der Waals surface area contributed by atoms with Gasteiger partial charge in [-0.3, -0.25) is 4.90 Å². The standard InChI is InChI=1S/C12H22N4O5S2/c1-10-12(11(2)21-14-10)23(19,20)13-4-5-15-6-8-16(9-7-15)22(3,17)18/h13H,4-9H2,1-3H3. The molecule has 11 heteroatoms. The fraction of sp³-hybridized carbons (Fsp3) is 0.750. The van der Waals surface area contributed by atoms with Gasteiger partial charge in [-0.05, 0) is 13.8 Å². The van der Waals surface area contributed by atoms with Gasteiger partial charge in [0.1, 0.15) is 10.6 Å². The van der Waals surface area contributed by atoms with Gasteiger partial charge in [0.2, 0.25) is 20.0 Å². The Labute approximate surface area is 136 Å². The van der Waals surface area contributed by atoms with Gasteiger partial charge in [-0.15, -0.1) is 0 Å². The summed E-state index contributed by atoms with van der Waals surface area (Å²) in [5.74, 6) is 0.261. The van der Waals surface area contributed by atoms with Gasteiger partial charge in [0.05, 0.1) is 6.26 Å². The summed E-state index contributed by atoms with van der Waals surface area (Å²) in [6.45, 7) is 5.91. The minimum atomic E-state index is -3.65. The van der Waals surface area contributed by atoms with Crippen LogP contribution in [0.1, 0.15) is 11.5 Å². The van der Waals surface area contributed by atoms with Crippen LogP contribution in [0.2, 0.25) is 0 Å². The Morgan fingerprint density at radius 1 is 1.13 bits per heavy atom. The molecule has 0 aromatic carbocycles. The Hall–Kier alpha value is -1.01. The van der Waals surface area contributed by atoms with Crippen molar-refractivity contribution in [2.75, 3.05) is 45.5 Å². The second-order valence-corrected chi connectivity index (χ2v) is 9.24. The number of rotatable bonds is 6. The van der Waals surface area contributed by atoms with Crippen molar-refractivity contribution in [3.8, 4) is 0 Å². The molecule has 1 aliphatic rings. The lowest BCUT2D eigenvalue weighted by Crippen LogP contribution is -2.49. The van der Waals surface area contributed by atoms with Crippen LogP contribution in [0.5, 0.6) is 0 Å². The second-order valence-electron chi connectivity index (χ2n) is 5.55. The van der Waals surface area contributed by atoms with Gasteiger partial charge in [-0.1, -0.05) is 5.16 Å². The van der Waals surface area contributed by atoms with Crippen molar-refractivity contribution in [2.24, 2.45) is 0 Å². The maximum Gasteiger partial charge on any atom is 0.246 e. The van der Waals surface area contributed by atoms with Crippen molar-refractivity contribution in [1.29, 1.82) is 0 Å². The van der Waals surface area contributed by atoms with E-state index in [2.05, 4.69) is 9.88 Å². The molecule has 0 spiro atoms. The average molecular weight is 366 g/mol. The number of piperazine rings is 1. The Kier molecular flexibility index (Phi) is 5.46. The molecule has 2 heterocycles. The number of nitrogens with one attached hydrogen (secondary N) is 1. The van der Waals surface area contributed by atoms with Gasteiger partial charge in [-0.25, -0.2) is 21.6 Å². The van der Waals surface area contributed by atoms with Crippen molar-refractivity contribution in [1.82, 2.24) is 19.1 Å². The minimum absolute atomic E-state index is 0.0828. The maximum absolute atomic E-state index is 12.2. The lowest BCUT2D eigenvalue weighted by atomic mass is 10.3. The first kappa shape index (κ1) is 18.3. The second kappa shape index (κ2) is 6.85. The van der Waals surface area contributed by atoms with Crippen LogP contribution in [0, 0.1) is 13.8 Å². The molecule has 9 nitrogen and oxygen atoms in total. The highest BCUT2D eigenvalue weighted by Gasteiger charge is 2.25. The van der Waals surface area contributed by atoms with Crippen LogP contribution in [0.15, 0.2) is 9.42 Å². The molecule has 0 radical (unpaired) electrons. The van der Waals surface area contributed by atoms with Gasteiger partial charge >= 0.3 is 0 Å². The fourth-order valence-electron chi connectivity index (χ4n) is 2.55. The quantitative estimate of drug-likeness (QED) is 0.697. The van der Waals surface area contributed by atoms with Crippen molar-refractivity contribution < 1.29 is 21.4 Å². The first-order chi connectivity index (χ1) is 10.6. The van der Waals surface area contributed by atoms with Crippen molar-refractivity contribution in [3.63, 3.8) is 0 Å². The zero-order valence-corrected chi connectivity index (χ0v) is 15.1. The number of aryl methyl sites for hydroxylation is 2. The molecule has 0 amide bonds. The van der Waals surface area contributed by atoms with E-state index in [9.17, 15) is 16.8 Å². The molecule has 0 aliphatic carbocycles. The third-order valence-electron chi connectivity index (χ3n) is 3.76. The molecule has 1 saturated heterocycles. The van der Waals surface area contributed by atoms with E-state index >= 15 is 0 Å². The van der Waals surface area contributed by atoms with Crippen LogP contribution < -0.4 is 4.72 Å². The lowest BCUT2D eigenvalue weighted by Gasteiger charge is -2.33. The molecule has 23 heavy (non-hydrogen) atoms. The predicted octanol–water partition coefficient (Wildman–Crippen LogP) is -0.853. The third-order valence-corrected chi connectivity index (χ3v) is 6.76. The summed E-state index contributed by atoms with van der Waals surface area (Å²) in [6, 6.07) is 0. The highest BCUT2D eigenvalue weighted by atomic mass is 32.2. The minimum Gasteiger partial charge on any atom is -0.360 e. The summed E-state index contributed by atoms with van der Waals surface area (Å²) in [7, 11) is -6.81. The van der Waals surface area contributed by atoms with Gasteiger partial charge in [0, 0.05) is 39.3 Å². The van der Waals surface area contributed by atoms with Crippen LogP contribution in [-0.4, -0.2) is 76.7 Å². The summed E-state index contributed by atoms with van der Waals surface area (Å²) in [4.78, 5) is 2.11. The zero-order chi connectivity index (χ0) is 17.3. The predicted molar refractivity (Wildman–Crippen MR) is 84.0 cm³/mol. The van der Waals surface area contributed by atoms with Crippen LogP contribution in [-0.2, 0) is 20.0 Å². The Bertz CT molecular complexity index is 729. The highest BCUT2D eigenvalue weighted by Crippen LogP contribution is 2.18. The highest BCUT2D eigenvalue weighted by molar-refractivity contribution is 7.89. The van der Waals surface area contributed by atoms with Crippen LogP contribution in [0.3, 0.4) is 0 Å². The van der Waals surface area contributed by atoms with E-state index in [0.717, 1.165) is 0 Å². The van der Waals surface area contributed by atoms with E-state index < -0.39 is 20.0 Å². The SMILES string of the molecule is Cc1noc(C)c1S(=O)(=O)NCCN1CCN(S(C)(=O)=O)CC1. The average Bonchev–Trinajstić information content (AvgIpc) is 2.78. The Morgan fingerprint density at radius 2 is 1.74 bits per heavy atom. The summed E-state index contributed by atoms with van der Waals surface area (Å²) in [5, 5.41) is 3.64. The van der Waals surface area contributed by atoms with E-state index in [-0.39, 0.29) is 17.2 Å². The molecule has 1 N–H and O–H groups in total. The monoisotopic (exact) mass is 366 g/mol. The van der Waals surface area contributed by atoms with Crippen molar-refractivity contribution >= 4 is 20.0 Å². The Balaban J connectivity index is 1.84. The van der Waals surface area contributed by atoms with E-state index in [1.807, 2.05) is 4.90 Å². The largest absolute Gasteiger partial charge is 0.360 e. The van der Waals surface area contributed by atoms with Gasteiger partial charge in [0.25, 0.3) is 0 Å². The maximum atomic E-state index is 12.2. The van der Waals surface area contributed by atoms with Crippen LogP contribution >= 0.6 is 0 Å². The molecule has 0 saturated carbocycles. The number of hydrogen-bond donors (Lipinski definition) is 1. The van der Waals surface area contributed by atoms with Crippen molar-refractivity contribution in [2.45, 2.75) is 18.7 Å². The molecule has 1 aromatic heterocycles. The van der Waals surface area contributed by atoms with E-state index in [1.54, 1.807) is 13.8 Å². The summed E-state index contributed by atoms with van der Waals surface area (Å²) < 4.78 is 56.2. The molecule has 132 valence electrons. The normalized spacial score (nSPS) is 18.4. The topological polar surface area (TPSA) is 113 Å². The van der Waals surface area contributed by atoms with Crippen LogP contribution in [0.25, 0.3) is 0 Å². The molecule has 0 atom stereocenters. The van der Waals surface area contributed by atoms with E-state index in [4.69, 9.17) is 4.52 Å². The van der Waals surface area contributed by atoms with E-state index in [0.29, 0.717) is 38.4 Å². The fourth-order valence-corrected chi connectivity index (χ4v) is 4.73. The number of hydrogen-bond acceptors (Lipinski definition) is 7. The van der Waals surface area contributed by atoms with Gasteiger partial charge in [0.15, 0.2) is 5.76 Å². The molecule has 1 aromatic rings. The number of nitrogens with zero attached hydrogens (tertiary/aromatic N) is 3. The molecular weight excluding hydrogens is 344 g/mol. The van der Waals surface area contributed by atoms with Gasteiger partial charge in [-0.2, -0.15) is 4.31 Å². The molecular formula is C12H22N4O5S2. The zero-order valence-electron chi connectivity index (χ0n) is 13.4. The smallest absolute Gasteiger partial charge is 0.246 e. The molecule has 1 fully saturated rings. The van der Waals surface area contributed by atoms with Gasteiger partial charge < -0.3 is 4.52 Å². The summed E-state index contributed by atoms with van der Waals surface area (Å²) in [5.41, 5.74) is 0.330.